The van der Waals surface area contributed by atoms with Crippen LogP contribution in [-0.2, 0) is 23.2 Å². The zero-order valence-corrected chi connectivity index (χ0v) is 24.4. The number of amides is 1. The Morgan fingerprint density at radius 3 is 2.26 bits per heavy atom. The van der Waals surface area contributed by atoms with E-state index in [9.17, 15) is 31.2 Å². The van der Waals surface area contributed by atoms with Gasteiger partial charge in [-0.3, -0.25) is 9.59 Å². The number of hydrogen-bond acceptors (Lipinski definition) is 10. The van der Waals surface area contributed by atoms with Gasteiger partial charge in [-0.25, -0.2) is 22.8 Å². The van der Waals surface area contributed by atoms with E-state index in [-0.39, 0.29) is 28.5 Å². The third-order valence-corrected chi connectivity index (χ3v) is 6.24. The normalized spacial score (nSPS) is 12.6. The van der Waals surface area contributed by atoms with E-state index >= 15 is 0 Å². The average molecular weight is 624 g/mol. The molecule has 0 spiro atoms. The van der Waals surface area contributed by atoms with Crippen molar-refractivity contribution in [1.82, 2.24) is 19.1 Å². The van der Waals surface area contributed by atoms with Gasteiger partial charge in [0.05, 0.1) is 20.5 Å². The van der Waals surface area contributed by atoms with Crippen LogP contribution in [0.1, 0.15) is 27.3 Å². The van der Waals surface area contributed by atoms with Gasteiger partial charge in [0, 0.05) is 60.2 Å². The second kappa shape index (κ2) is 12.4. The smallest absolute Gasteiger partial charge is 0.435 e. The van der Waals surface area contributed by atoms with Gasteiger partial charge in [0.15, 0.2) is 5.69 Å². The second-order valence-corrected chi connectivity index (χ2v) is 10.8. The molecule has 17 heteroatoms. The maximum Gasteiger partial charge on any atom is 0.435 e. The highest BCUT2D eigenvalue weighted by Gasteiger charge is 2.35. The van der Waals surface area contributed by atoms with Crippen molar-refractivity contribution in [2.45, 2.75) is 13.1 Å². The van der Waals surface area contributed by atoms with Crippen LogP contribution in [0.15, 0.2) is 58.7 Å². The molecular weight excluding hydrogens is 595 g/mol. The number of nitrogens with one attached hydrogen (secondary N) is 2. The summed E-state index contributed by atoms with van der Waals surface area (Å²) in [6, 6.07) is 6.70. The van der Waals surface area contributed by atoms with Crippen LogP contribution in [0.25, 0.3) is 11.4 Å². The summed E-state index contributed by atoms with van der Waals surface area (Å²) in [4.78, 5) is 29.5. The summed E-state index contributed by atoms with van der Waals surface area (Å²) in [5, 5.41) is 6.48. The number of hydrogen-bond donors (Lipinski definition) is 3. The van der Waals surface area contributed by atoms with Gasteiger partial charge in [-0.1, -0.05) is 6.58 Å². The highest BCUT2D eigenvalue weighted by atomic mass is 32.2. The van der Waals surface area contributed by atoms with Gasteiger partial charge in [0.2, 0.25) is 10.0 Å². The van der Waals surface area contributed by atoms with Crippen LogP contribution in [0.3, 0.4) is 0 Å². The number of aryl methyl sites for hydroxylation is 2. The molecule has 0 aliphatic rings. The number of ether oxygens (including phenoxy) is 2. The molecule has 0 aliphatic carbocycles. The van der Waals surface area contributed by atoms with Crippen molar-refractivity contribution in [2.75, 3.05) is 25.8 Å². The summed E-state index contributed by atoms with van der Waals surface area (Å²) in [6.45, 7) is 5.16. The van der Waals surface area contributed by atoms with Crippen molar-refractivity contribution in [3.63, 3.8) is 0 Å². The number of halogens is 3. The van der Waals surface area contributed by atoms with E-state index in [1.807, 2.05) is 0 Å². The van der Waals surface area contributed by atoms with Crippen LogP contribution in [0.5, 0.6) is 11.5 Å². The van der Waals surface area contributed by atoms with Gasteiger partial charge in [-0.05, 0) is 19.1 Å². The van der Waals surface area contributed by atoms with Crippen LogP contribution >= 0.6 is 0 Å². The highest BCUT2D eigenvalue weighted by Crippen LogP contribution is 2.30. The topological polar surface area (TPSA) is 172 Å². The quantitative estimate of drug-likeness (QED) is 0.287. The molecule has 0 radical (unpaired) electrons. The highest BCUT2D eigenvalue weighted by molar-refractivity contribution is 7.89. The van der Waals surface area contributed by atoms with Crippen LogP contribution < -0.4 is 30.8 Å². The summed E-state index contributed by atoms with van der Waals surface area (Å²) in [7, 11) is 0.168. The monoisotopic (exact) mass is 623 g/mol. The maximum atomic E-state index is 13.4. The molecule has 0 fully saturated rings. The zero-order chi connectivity index (χ0) is 32.3. The van der Waals surface area contributed by atoms with E-state index in [0.29, 0.717) is 17.2 Å². The largest absolute Gasteiger partial charge is 0.497 e. The van der Waals surface area contributed by atoms with Gasteiger partial charge in [-0.15, -0.1) is 0 Å². The Balaban J connectivity index is 2.18. The molecule has 0 saturated carbocycles. The first kappa shape index (κ1) is 32.5. The molecule has 0 aliphatic heterocycles. The fourth-order valence-corrected chi connectivity index (χ4v) is 4.17. The number of alkyl halides is 3. The molecule has 0 bridgehead atoms. The number of rotatable bonds is 10. The maximum absolute atomic E-state index is 13.4. The van der Waals surface area contributed by atoms with Gasteiger partial charge in [0.1, 0.15) is 28.7 Å². The molecule has 2 aromatic heterocycles. The van der Waals surface area contributed by atoms with E-state index in [1.165, 1.54) is 34.4 Å². The molecule has 1 amide bonds. The average Bonchev–Trinajstić information content (AvgIpc) is 3.31. The summed E-state index contributed by atoms with van der Waals surface area (Å²) in [6.07, 6.45) is -1.67. The lowest BCUT2D eigenvalue weighted by atomic mass is 10.1. The molecule has 0 unspecified atom stereocenters. The van der Waals surface area contributed by atoms with E-state index in [0.717, 1.165) is 33.9 Å². The minimum Gasteiger partial charge on any atom is -0.497 e. The summed E-state index contributed by atoms with van der Waals surface area (Å²) >= 11 is 0. The van der Waals surface area contributed by atoms with Crippen molar-refractivity contribution >= 4 is 39.2 Å². The molecule has 43 heavy (non-hydrogen) atoms. The standard InChI is InChI=1S/C26H28F3N7O6S/c1-14-7-22(26(27,28)29)33-36(14)23(30)21(12-31-15(2)32-17-9-18(41-4)11-19(10-17)42-5)16-8-20(25(38)35(3)13-16)24(37)34-43(6,39)40/h7-13,32H,2,30H2,1,3-6H3,(H,34,37)/b23-21-,31-12-. The molecule has 3 aromatic rings. The van der Waals surface area contributed by atoms with Gasteiger partial charge < -0.3 is 25.1 Å². The Morgan fingerprint density at radius 1 is 1.14 bits per heavy atom. The summed E-state index contributed by atoms with van der Waals surface area (Å²) in [5.41, 5.74) is 4.07. The van der Waals surface area contributed by atoms with Crippen molar-refractivity contribution in [3.8, 4) is 11.5 Å². The third-order valence-electron chi connectivity index (χ3n) is 5.69. The number of nitrogens with two attached hydrogens (primary N) is 1. The lowest BCUT2D eigenvalue weighted by molar-refractivity contribution is -0.141. The first-order valence-corrected chi connectivity index (χ1v) is 13.9. The predicted molar refractivity (Wildman–Crippen MR) is 154 cm³/mol. The van der Waals surface area contributed by atoms with Crippen LogP contribution in [-0.4, -0.2) is 55.4 Å². The number of benzene rings is 1. The van der Waals surface area contributed by atoms with Crippen molar-refractivity contribution < 1.29 is 35.9 Å². The number of sulfonamides is 1. The van der Waals surface area contributed by atoms with Gasteiger partial charge in [0.25, 0.3) is 11.5 Å². The molecule has 1 aromatic carbocycles. The fourth-order valence-electron chi connectivity index (χ4n) is 3.73. The van der Waals surface area contributed by atoms with Crippen LogP contribution in [0.4, 0.5) is 18.9 Å². The Morgan fingerprint density at radius 2 is 1.74 bits per heavy atom. The van der Waals surface area contributed by atoms with E-state index < -0.39 is 38.9 Å². The predicted octanol–water partition coefficient (Wildman–Crippen LogP) is 2.55. The molecule has 4 N–H and O–H groups in total. The lowest BCUT2D eigenvalue weighted by Crippen LogP contribution is -2.35. The number of allylic oxidation sites excluding steroid dienone is 1. The van der Waals surface area contributed by atoms with Crippen molar-refractivity contribution in [2.24, 2.45) is 17.8 Å². The first-order valence-electron chi connectivity index (χ1n) is 12.0. The Kier molecular flexibility index (Phi) is 9.39. The number of nitrogens with zero attached hydrogens (tertiary/aromatic N) is 4. The SMILES string of the molecule is C=C(/N=C\C(=C(/N)n1nc(C(F)(F)F)cc1C)c1cc(C(=O)NS(C)(=O)=O)c(=O)n(C)c1)Nc1cc(OC)cc(OC)c1. The van der Waals surface area contributed by atoms with Gasteiger partial charge >= 0.3 is 6.18 Å². The van der Waals surface area contributed by atoms with Crippen molar-refractivity contribution in [1.29, 1.82) is 0 Å². The number of aromatic nitrogens is 3. The molecule has 0 atom stereocenters. The number of pyridine rings is 1. The third kappa shape index (κ3) is 8.03. The summed E-state index contributed by atoms with van der Waals surface area (Å²) < 4.78 is 77.4. The number of carbonyl (C=O) groups excluding carboxylic acids is 1. The number of carbonyl (C=O) groups is 1. The fraction of sp³-hybridized carbons (Fsp3) is 0.231. The van der Waals surface area contributed by atoms with Crippen LogP contribution in [0, 0.1) is 6.92 Å². The van der Waals surface area contributed by atoms with E-state index in [2.05, 4.69) is 22.0 Å². The minimum atomic E-state index is -4.77. The van der Waals surface area contributed by atoms with E-state index in [1.54, 1.807) is 22.9 Å². The Labute approximate surface area is 244 Å². The molecular formula is C26H28F3N7O6S. The molecule has 230 valence electrons. The van der Waals surface area contributed by atoms with E-state index in [4.69, 9.17) is 15.2 Å². The minimum absolute atomic E-state index is 0.0102. The molecule has 2 heterocycles. The Bertz CT molecular complexity index is 1790. The molecule has 13 nitrogen and oxygen atoms in total. The number of anilines is 1. The zero-order valence-electron chi connectivity index (χ0n) is 23.6. The second-order valence-electron chi connectivity index (χ2n) is 9.07. The number of methoxy groups -OCH3 is 2. The van der Waals surface area contributed by atoms with Gasteiger partial charge in [-0.2, -0.15) is 18.3 Å². The Hall–Kier alpha value is -5.06. The number of aliphatic imine (C=N–C) groups is 1. The van der Waals surface area contributed by atoms with Crippen LogP contribution in [0.2, 0.25) is 0 Å². The summed E-state index contributed by atoms with van der Waals surface area (Å²) in [5.74, 6) is -0.631. The molecule has 0 saturated heterocycles. The first-order chi connectivity index (χ1) is 19.9. The molecule has 3 rings (SSSR count). The lowest BCUT2D eigenvalue weighted by Gasteiger charge is -2.14. The van der Waals surface area contributed by atoms with Crippen molar-refractivity contribution in [3.05, 3.63) is 81.8 Å².